The van der Waals surface area contributed by atoms with Crippen LogP contribution in [0.1, 0.15) is 16.8 Å². The van der Waals surface area contributed by atoms with E-state index in [0.717, 1.165) is 12.3 Å². The smallest absolute Gasteiger partial charge is 0.288 e. The largest absolute Gasteiger partial charge is 0.352 e. The molecule has 9 heteroatoms. The highest BCUT2D eigenvalue weighted by Crippen LogP contribution is 2.18. The number of pyridine rings is 1. The lowest BCUT2D eigenvalue weighted by Crippen LogP contribution is -2.26. The summed E-state index contributed by atoms with van der Waals surface area (Å²) in [6.45, 7) is 0.317. The van der Waals surface area contributed by atoms with E-state index in [-0.39, 0.29) is 16.4 Å². The Balaban J connectivity index is 2.68. The van der Waals surface area contributed by atoms with Crippen LogP contribution >= 0.6 is 11.6 Å². The van der Waals surface area contributed by atoms with Crippen molar-refractivity contribution in [1.82, 2.24) is 10.3 Å². The molecular formula is C10H12ClN3O4S. The van der Waals surface area contributed by atoms with Gasteiger partial charge >= 0.3 is 0 Å². The Morgan fingerprint density at radius 1 is 1.63 bits per heavy atom. The number of hydrogen-bond acceptors (Lipinski definition) is 5. The fourth-order valence-corrected chi connectivity index (χ4v) is 2.01. The second-order valence-corrected chi connectivity index (χ2v) is 5.59. The maximum absolute atomic E-state index is 11.8. The Kier molecular flexibility index (Phi) is 5.84. The first-order valence-corrected chi connectivity index (χ1v) is 7.40. The van der Waals surface area contributed by atoms with Crippen LogP contribution in [-0.2, 0) is 10.8 Å². The van der Waals surface area contributed by atoms with Crippen LogP contribution in [0.2, 0.25) is 5.15 Å². The molecule has 0 bridgehead atoms. The summed E-state index contributed by atoms with van der Waals surface area (Å²) in [7, 11) is -0.918. The second kappa shape index (κ2) is 7.15. The number of halogens is 1. The Morgan fingerprint density at radius 2 is 2.32 bits per heavy atom. The number of nitrogens with zero attached hydrogens (tertiary/aromatic N) is 2. The fourth-order valence-electron chi connectivity index (χ4n) is 1.27. The molecule has 1 aromatic rings. The summed E-state index contributed by atoms with van der Waals surface area (Å²) in [5.41, 5.74) is -0.349. The predicted molar refractivity (Wildman–Crippen MR) is 71.8 cm³/mol. The van der Waals surface area contributed by atoms with Crippen molar-refractivity contribution >= 4 is 34.0 Å². The molecule has 19 heavy (non-hydrogen) atoms. The molecule has 0 saturated carbocycles. The number of nitrogens with one attached hydrogen (secondary N) is 1. The summed E-state index contributed by atoms with van der Waals surface area (Å²) in [4.78, 5) is 25.3. The summed E-state index contributed by atoms with van der Waals surface area (Å²) < 4.78 is 10.8. The number of hydrogen-bond donors (Lipinski definition) is 1. The molecule has 1 aromatic heterocycles. The molecule has 1 unspecified atom stereocenters. The van der Waals surface area contributed by atoms with Crippen LogP contribution in [0.3, 0.4) is 0 Å². The number of aromatic nitrogens is 1. The average Bonchev–Trinajstić information content (AvgIpc) is 2.34. The van der Waals surface area contributed by atoms with Gasteiger partial charge in [0.2, 0.25) is 0 Å². The van der Waals surface area contributed by atoms with Crippen molar-refractivity contribution in [2.45, 2.75) is 6.42 Å². The maximum Gasteiger partial charge on any atom is 0.288 e. The first-order chi connectivity index (χ1) is 8.91. The third kappa shape index (κ3) is 4.92. The van der Waals surface area contributed by atoms with Gasteiger partial charge in [-0.25, -0.2) is 4.98 Å². The third-order valence-electron chi connectivity index (χ3n) is 2.17. The standard InChI is InChI=1S/C10H12ClN3O4S/c1-19(18)4-2-3-12-10(15)8-5-7(14(16)17)6-13-9(8)11/h5-6H,2-4H2,1H3,(H,12,15). The topological polar surface area (TPSA) is 102 Å². The molecule has 1 amide bonds. The normalized spacial score (nSPS) is 11.9. The van der Waals surface area contributed by atoms with Crippen LogP contribution in [0.5, 0.6) is 0 Å². The quantitative estimate of drug-likeness (QED) is 0.367. The van der Waals surface area contributed by atoms with Crippen molar-refractivity contribution < 1.29 is 13.9 Å². The summed E-state index contributed by atoms with van der Waals surface area (Å²) in [6, 6.07) is 1.07. The van der Waals surface area contributed by atoms with E-state index < -0.39 is 21.6 Å². The van der Waals surface area contributed by atoms with E-state index in [1.54, 1.807) is 6.26 Å². The van der Waals surface area contributed by atoms with Gasteiger partial charge in [0.25, 0.3) is 11.6 Å². The van der Waals surface area contributed by atoms with Crippen molar-refractivity contribution in [3.05, 3.63) is 33.1 Å². The van der Waals surface area contributed by atoms with Gasteiger partial charge in [0.05, 0.1) is 10.5 Å². The maximum atomic E-state index is 11.8. The van der Waals surface area contributed by atoms with E-state index in [1.807, 2.05) is 0 Å². The minimum atomic E-state index is -0.918. The second-order valence-electron chi connectivity index (χ2n) is 3.68. The van der Waals surface area contributed by atoms with Crippen molar-refractivity contribution in [2.24, 2.45) is 0 Å². The monoisotopic (exact) mass is 305 g/mol. The molecule has 1 rings (SSSR count). The third-order valence-corrected chi connectivity index (χ3v) is 3.34. The van der Waals surface area contributed by atoms with Crippen LogP contribution in [0.25, 0.3) is 0 Å². The van der Waals surface area contributed by atoms with E-state index in [4.69, 9.17) is 11.6 Å². The average molecular weight is 306 g/mol. The molecule has 0 spiro atoms. The van der Waals surface area contributed by atoms with Gasteiger partial charge in [-0.05, 0) is 6.42 Å². The number of carbonyl (C=O) groups is 1. The number of carbonyl (C=O) groups excluding carboxylic acids is 1. The van der Waals surface area contributed by atoms with Gasteiger partial charge < -0.3 is 5.32 Å². The van der Waals surface area contributed by atoms with Gasteiger partial charge in [0, 0.05) is 35.4 Å². The Bertz CT molecular complexity index is 523. The van der Waals surface area contributed by atoms with E-state index in [2.05, 4.69) is 10.3 Å². The minimum Gasteiger partial charge on any atom is -0.352 e. The van der Waals surface area contributed by atoms with Gasteiger partial charge in [-0.15, -0.1) is 0 Å². The van der Waals surface area contributed by atoms with Gasteiger partial charge in [-0.3, -0.25) is 19.1 Å². The molecule has 7 nitrogen and oxygen atoms in total. The zero-order valence-corrected chi connectivity index (χ0v) is 11.7. The first-order valence-electron chi connectivity index (χ1n) is 5.30. The lowest BCUT2D eigenvalue weighted by Gasteiger charge is -2.05. The number of amides is 1. The molecule has 0 radical (unpaired) electrons. The van der Waals surface area contributed by atoms with Crippen molar-refractivity contribution in [3.8, 4) is 0 Å². The Morgan fingerprint density at radius 3 is 2.89 bits per heavy atom. The van der Waals surface area contributed by atoms with Crippen LogP contribution in [0.4, 0.5) is 5.69 Å². The highest BCUT2D eigenvalue weighted by atomic mass is 35.5. The molecule has 0 aliphatic carbocycles. The van der Waals surface area contributed by atoms with Gasteiger partial charge in [-0.2, -0.15) is 0 Å². The zero-order chi connectivity index (χ0) is 14.4. The first kappa shape index (κ1) is 15.5. The summed E-state index contributed by atoms with van der Waals surface area (Å²) >= 11 is 5.72. The number of rotatable bonds is 6. The summed E-state index contributed by atoms with van der Waals surface area (Å²) in [5.74, 6) is -0.0654. The summed E-state index contributed by atoms with van der Waals surface area (Å²) in [5, 5.41) is 13.0. The molecule has 0 fully saturated rings. The minimum absolute atomic E-state index is 0.0477. The molecule has 0 saturated heterocycles. The lowest BCUT2D eigenvalue weighted by molar-refractivity contribution is -0.385. The van der Waals surface area contributed by atoms with Gasteiger partial charge in [-0.1, -0.05) is 11.6 Å². The molecule has 1 heterocycles. The molecule has 1 atom stereocenters. The summed E-state index contributed by atoms with van der Waals surface area (Å²) in [6.07, 6.45) is 3.11. The van der Waals surface area contributed by atoms with Crippen molar-refractivity contribution in [1.29, 1.82) is 0 Å². The lowest BCUT2D eigenvalue weighted by atomic mass is 10.2. The molecule has 104 valence electrons. The van der Waals surface area contributed by atoms with E-state index >= 15 is 0 Å². The van der Waals surface area contributed by atoms with E-state index in [9.17, 15) is 19.1 Å². The van der Waals surface area contributed by atoms with Crippen LogP contribution in [0, 0.1) is 10.1 Å². The van der Waals surface area contributed by atoms with Crippen LogP contribution in [0.15, 0.2) is 12.3 Å². The van der Waals surface area contributed by atoms with Gasteiger partial charge in [0.15, 0.2) is 0 Å². The predicted octanol–water partition coefficient (Wildman–Crippen LogP) is 1.14. The van der Waals surface area contributed by atoms with Gasteiger partial charge in [0.1, 0.15) is 11.3 Å². The molecular weight excluding hydrogens is 294 g/mol. The molecule has 0 aliphatic heterocycles. The molecule has 0 aromatic carbocycles. The van der Waals surface area contributed by atoms with Crippen molar-refractivity contribution in [3.63, 3.8) is 0 Å². The highest BCUT2D eigenvalue weighted by Gasteiger charge is 2.16. The number of nitro groups is 1. The fraction of sp³-hybridized carbons (Fsp3) is 0.400. The highest BCUT2D eigenvalue weighted by molar-refractivity contribution is 7.84. The Hall–Kier alpha value is -1.54. The SMILES string of the molecule is CS(=O)CCCNC(=O)c1cc([N+](=O)[O-])cnc1Cl. The zero-order valence-electron chi connectivity index (χ0n) is 10.1. The molecule has 0 aliphatic rings. The van der Waals surface area contributed by atoms with Crippen molar-refractivity contribution in [2.75, 3.05) is 18.6 Å². The van der Waals surface area contributed by atoms with E-state index in [0.29, 0.717) is 18.7 Å². The molecule has 1 N–H and O–H groups in total. The Labute approximate surface area is 117 Å². The van der Waals surface area contributed by atoms with E-state index in [1.165, 1.54) is 0 Å². The van der Waals surface area contributed by atoms with Crippen LogP contribution < -0.4 is 5.32 Å². The van der Waals surface area contributed by atoms with Crippen LogP contribution in [-0.4, -0.2) is 38.6 Å².